The van der Waals surface area contributed by atoms with Crippen molar-refractivity contribution in [2.45, 2.75) is 25.2 Å². The first kappa shape index (κ1) is 23.7. The number of carboxylic acid groups (broad SMARTS) is 1. The molecule has 7 nitrogen and oxygen atoms in total. The molecule has 0 spiro atoms. The van der Waals surface area contributed by atoms with Gasteiger partial charge in [0.1, 0.15) is 6.67 Å². The van der Waals surface area contributed by atoms with Crippen molar-refractivity contribution in [3.05, 3.63) is 76.6 Å². The van der Waals surface area contributed by atoms with Crippen molar-refractivity contribution in [3.8, 4) is 5.69 Å². The molecule has 0 bridgehead atoms. The van der Waals surface area contributed by atoms with Crippen LogP contribution in [0.3, 0.4) is 0 Å². The average molecular weight is 499 g/mol. The van der Waals surface area contributed by atoms with Crippen LogP contribution in [0.2, 0.25) is 5.02 Å². The molecule has 0 saturated heterocycles. The molecule has 3 aromatic carbocycles. The Morgan fingerprint density at radius 3 is 2.56 bits per heavy atom. The normalized spacial score (nSPS) is 11.0. The highest BCUT2D eigenvalue weighted by atomic mass is 35.5. The molecule has 4 aromatic rings. The number of alkyl halides is 1. The number of benzene rings is 3. The van der Waals surface area contributed by atoms with Crippen LogP contribution in [-0.2, 0) is 17.9 Å². The zero-order chi connectivity index (χ0) is 24.2. The maximum atomic E-state index is 13.8. The predicted octanol–water partition coefficient (Wildman–Crippen LogP) is 5.53. The fourth-order valence-corrected chi connectivity index (χ4v) is 4.63. The monoisotopic (exact) mass is 498 g/mol. The number of carbonyl (C=O) groups is 2. The Bertz CT molecular complexity index is 1390. The summed E-state index contributed by atoms with van der Waals surface area (Å²) in [7, 11) is 0. The molecule has 0 atom stereocenters. The van der Waals surface area contributed by atoms with E-state index in [1.807, 2.05) is 36.4 Å². The molecule has 0 radical (unpaired) electrons. The van der Waals surface area contributed by atoms with Crippen LogP contribution in [-0.4, -0.2) is 37.5 Å². The number of carbonyl (C=O) groups excluding carboxylic acids is 1. The lowest BCUT2D eigenvalue weighted by molar-refractivity contribution is -0.113. The third-order valence-corrected chi connectivity index (χ3v) is 6.50. The lowest BCUT2D eigenvalue weighted by Gasteiger charge is -2.14. The molecular formula is C24H20ClFN4O3S. The number of hydrogen-bond acceptors (Lipinski definition) is 5. The Morgan fingerprint density at radius 1 is 1.12 bits per heavy atom. The topological polar surface area (TPSA) is 97.1 Å². The summed E-state index contributed by atoms with van der Waals surface area (Å²) >= 11 is 7.20. The van der Waals surface area contributed by atoms with E-state index in [0.717, 1.165) is 34.6 Å². The van der Waals surface area contributed by atoms with Gasteiger partial charge < -0.3 is 10.4 Å². The second kappa shape index (κ2) is 10.2. The minimum absolute atomic E-state index is 0.0190. The van der Waals surface area contributed by atoms with Gasteiger partial charge in [-0.15, -0.1) is 10.2 Å². The number of thioether (sulfide) groups is 1. The molecule has 174 valence electrons. The Kier molecular flexibility index (Phi) is 7.14. The summed E-state index contributed by atoms with van der Waals surface area (Å²) in [5.74, 6) is -1.38. The van der Waals surface area contributed by atoms with E-state index in [4.69, 9.17) is 16.7 Å². The van der Waals surface area contributed by atoms with Crippen LogP contribution < -0.4 is 5.32 Å². The number of anilines is 1. The largest absolute Gasteiger partial charge is 0.478 e. The van der Waals surface area contributed by atoms with Crippen molar-refractivity contribution in [2.24, 2.45) is 0 Å². The molecule has 0 aliphatic heterocycles. The first-order valence-corrected chi connectivity index (χ1v) is 11.8. The molecule has 1 aromatic heterocycles. The molecule has 1 heterocycles. The number of fused-ring (bicyclic) bond motifs is 1. The molecule has 0 aliphatic carbocycles. The van der Waals surface area contributed by atoms with Crippen molar-refractivity contribution >= 4 is 51.7 Å². The molecular weight excluding hydrogens is 479 g/mol. The summed E-state index contributed by atoms with van der Waals surface area (Å²) in [6, 6.07) is 15.8. The number of nitrogens with zero attached hydrogens (tertiary/aromatic N) is 3. The number of aryl methyl sites for hydroxylation is 1. The SMILES string of the molecule is CCc1ccc(-n2c(CF)nnc2SCC(=O)Nc2ccc(C(=O)O)cc2Cl)c2ccccc12. The Balaban J connectivity index is 1.59. The van der Waals surface area contributed by atoms with Crippen LogP contribution >= 0.6 is 23.4 Å². The first-order chi connectivity index (χ1) is 16.4. The molecule has 10 heteroatoms. The van der Waals surface area contributed by atoms with Gasteiger partial charge in [0.05, 0.1) is 27.7 Å². The quantitative estimate of drug-likeness (QED) is 0.310. The van der Waals surface area contributed by atoms with Gasteiger partial charge in [-0.3, -0.25) is 9.36 Å². The zero-order valence-electron chi connectivity index (χ0n) is 18.1. The molecule has 2 N–H and O–H groups in total. The standard InChI is InChI=1S/C24H20ClFN4O3S/c1-2-14-8-10-20(17-6-4-3-5-16(14)17)30-21(12-26)28-29-24(30)34-13-22(31)27-19-9-7-15(23(32)33)11-18(19)25/h3-11H,2,12-13H2,1H3,(H,27,31)(H,32,33). The molecule has 1 amide bonds. The van der Waals surface area contributed by atoms with Crippen LogP contribution in [0.4, 0.5) is 10.1 Å². The van der Waals surface area contributed by atoms with Crippen LogP contribution in [0.25, 0.3) is 16.5 Å². The van der Waals surface area contributed by atoms with Gasteiger partial charge >= 0.3 is 5.97 Å². The molecule has 0 unspecified atom stereocenters. The zero-order valence-corrected chi connectivity index (χ0v) is 19.7. The van der Waals surface area contributed by atoms with Gasteiger partial charge in [0.2, 0.25) is 5.91 Å². The van der Waals surface area contributed by atoms with E-state index in [0.29, 0.717) is 10.8 Å². The third-order valence-electron chi connectivity index (χ3n) is 5.26. The number of carboxylic acids is 1. The van der Waals surface area contributed by atoms with Crippen LogP contribution in [0.15, 0.2) is 59.8 Å². The molecule has 0 fully saturated rings. The van der Waals surface area contributed by atoms with E-state index in [-0.39, 0.29) is 28.1 Å². The highest BCUT2D eigenvalue weighted by molar-refractivity contribution is 7.99. The van der Waals surface area contributed by atoms with E-state index in [1.165, 1.54) is 23.8 Å². The van der Waals surface area contributed by atoms with Crippen LogP contribution in [0, 0.1) is 0 Å². The van der Waals surface area contributed by atoms with E-state index in [9.17, 15) is 14.0 Å². The summed E-state index contributed by atoms with van der Waals surface area (Å²) in [5.41, 5.74) is 2.23. The average Bonchev–Trinajstić information content (AvgIpc) is 3.25. The van der Waals surface area contributed by atoms with E-state index >= 15 is 0 Å². The van der Waals surface area contributed by atoms with Gasteiger partial charge in [-0.05, 0) is 41.6 Å². The van der Waals surface area contributed by atoms with E-state index in [1.54, 1.807) is 4.57 Å². The van der Waals surface area contributed by atoms with Gasteiger partial charge in [0.15, 0.2) is 11.0 Å². The number of halogens is 2. The first-order valence-electron chi connectivity index (χ1n) is 10.4. The summed E-state index contributed by atoms with van der Waals surface area (Å²) in [6.07, 6.45) is 0.858. The summed E-state index contributed by atoms with van der Waals surface area (Å²) in [4.78, 5) is 23.6. The van der Waals surface area contributed by atoms with Crippen molar-refractivity contribution in [3.63, 3.8) is 0 Å². The third kappa shape index (κ3) is 4.76. The van der Waals surface area contributed by atoms with Crippen molar-refractivity contribution in [1.82, 2.24) is 14.8 Å². The van der Waals surface area contributed by atoms with Crippen molar-refractivity contribution in [1.29, 1.82) is 0 Å². The Labute approximate surface area is 204 Å². The minimum Gasteiger partial charge on any atom is -0.478 e. The van der Waals surface area contributed by atoms with Gasteiger partial charge in [-0.2, -0.15) is 0 Å². The summed E-state index contributed by atoms with van der Waals surface area (Å²) in [5, 5.41) is 22.3. The maximum absolute atomic E-state index is 13.8. The number of nitrogens with one attached hydrogen (secondary N) is 1. The van der Waals surface area contributed by atoms with Crippen LogP contribution in [0.5, 0.6) is 0 Å². The fourth-order valence-electron chi connectivity index (χ4n) is 3.64. The molecule has 4 rings (SSSR count). The highest BCUT2D eigenvalue weighted by Gasteiger charge is 2.19. The maximum Gasteiger partial charge on any atom is 0.335 e. The second-order valence-corrected chi connectivity index (χ2v) is 8.70. The summed E-state index contributed by atoms with van der Waals surface area (Å²) < 4.78 is 15.4. The number of hydrogen-bond donors (Lipinski definition) is 2. The lowest BCUT2D eigenvalue weighted by Crippen LogP contribution is -2.15. The Hall–Kier alpha value is -3.43. The number of aromatic carboxylic acids is 1. The predicted molar refractivity (Wildman–Crippen MR) is 131 cm³/mol. The number of rotatable bonds is 8. The van der Waals surface area contributed by atoms with Crippen LogP contribution in [0.1, 0.15) is 28.7 Å². The highest BCUT2D eigenvalue weighted by Crippen LogP contribution is 2.31. The fraction of sp³-hybridized carbons (Fsp3) is 0.167. The second-order valence-electron chi connectivity index (χ2n) is 7.35. The van der Waals surface area contributed by atoms with Gasteiger partial charge in [0.25, 0.3) is 0 Å². The van der Waals surface area contributed by atoms with Gasteiger partial charge in [0, 0.05) is 5.39 Å². The van der Waals surface area contributed by atoms with Gasteiger partial charge in [-0.1, -0.05) is 60.6 Å². The van der Waals surface area contributed by atoms with Gasteiger partial charge in [-0.25, -0.2) is 9.18 Å². The minimum atomic E-state index is -1.11. The molecule has 34 heavy (non-hydrogen) atoms. The molecule has 0 saturated carbocycles. The van der Waals surface area contributed by atoms with E-state index < -0.39 is 12.6 Å². The van der Waals surface area contributed by atoms with E-state index in [2.05, 4.69) is 22.4 Å². The molecule has 0 aliphatic rings. The Morgan fingerprint density at radius 2 is 1.88 bits per heavy atom. The van der Waals surface area contributed by atoms with Crippen molar-refractivity contribution in [2.75, 3.05) is 11.1 Å². The number of aromatic nitrogens is 3. The lowest BCUT2D eigenvalue weighted by atomic mass is 10.0. The van der Waals surface area contributed by atoms with Crippen molar-refractivity contribution < 1.29 is 19.1 Å². The summed E-state index contributed by atoms with van der Waals surface area (Å²) in [6.45, 7) is 1.27. The smallest absolute Gasteiger partial charge is 0.335 e. The number of amides is 1.